The zero-order valence-corrected chi connectivity index (χ0v) is 11.1. The fourth-order valence-corrected chi connectivity index (χ4v) is 1.86. The van der Waals surface area contributed by atoms with E-state index < -0.39 is 12.0 Å². The average molecular weight is 267 g/mol. The Bertz CT molecular complexity index is 588. The lowest BCUT2D eigenvalue weighted by Gasteiger charge is -2.06. The summed E-state index contributed by atoms with van der Waals surface area (Å²) < 4.78 is 0. The summed E-state index contributed by atoms with van der Waals surface area (Å²) in [6.07, 6.45) is 4.41. The molecule has 2 rings (SSSR count). The van der Waals surface area contributed by atoms with Gasteiger partial charge in [0.05, 0.1) is 0 Å². The van der Waals surface area contributed by atoms with Gasteiger partial charge in [0, 0.05) is 0 Å². The second-order valence-electron chi connectivity index (χ2n) is 4.63. The molecule has 3 heteroatoms. The Morgan fingerprint density at radius 1 is 1.00 bits per heavy atom. The van der Waals surface area contributed by atoms with Gasteiger partial charge in [0.1, 0.15) is 6.04 Å². The van der Waals surface area contributed by atoms with Gasteiger partial charge >= 0.3 is 5.97 Å². The Labute approximate surface area is 118 Å². The monoisotopic (exact) mass is 267 g/mol. The second kappa shape index (κ2) is 6.68. The maximum absolute atomic E-state index is 10.7. The summed E-state index contributed by atoms with van der Waals surface area (Å²) in [6.45, 7) is 0. The van der Waals surface area contributed by atoms with Crippen LogP contribution in [0, 0.1) is 0 Å². The number of benzene rings is 2. The molecule has 0 heterocycles. The Balaban J connectivity index is 2.02. The molecule has 0 unspecified atom stereocenters. The maximum atomic E-state index is 10.7. The summed E-state index contributed by atoms with van der Waals surface area (Å²) in [6, 6.07) is 17.0. The fourth-order valence-electron chi connectivity index (χ4n) is 1.86. The van der Waals surface area contributed by atoms with Crippen molar-refractivity contribution in [2.75, 3.05) is 0 Å². The van der Waals surface area contributed by atoms with Gasteiger partial charge in [0.15, 0.2) is 0 Å². The highest BCUT2D eigenvalue weighted by Crippen LogP contribution is 2.10. The third kappa shape index (κ3) is 4.07. The van der Waals surface area contributed by atoms with Crippen LogP contribution in [0.1, 0.15) is 16.7 Å². The molecule has 102 valence electrons. The molecule has 2 aromatic rings. The van der Waals surface area contributed by atoms with Gasteiger partial charge in [-0.15, -0.1) is 0 Å². The van der Waals surface area contributed by atoms with Crippen molar-refractivity contribution in [1.29, 1.82) is 0 Å². The maximum Gasteiger partial charge on any atom is 0.320 e. The molecule has 0 aliphatic heterocycles. The van der Waals surface area contributed by atoms with Crippen LogP contribution in [0.4, 0.5) is 0 Å². The number of hydrogen-bond donors (Lipinski definition) is 2. The lowest BCUT2D eigenvalue weighted by molar-refractivity contribution is -0.138. The van der Waals surface area contributed by atoms with Crippen molar-refractivity contribution < 1.29 is 9.90 Å². The minimum Gasteiger partial charge on any atom is -0.480 e. The van der Waals surface area contributed by atoms with Crippen LogP contribution >= 0.6 is 0 Å². The highest BCUT2D eigenvalue weighted by atomic mass is 16.4. The van der Waals surface area contributed by atoms with Crippen molar-refractivity contribution in [3.8, 4) is 0 Å². The van der Waals surface area contributed by atoms with E-state index in [0.29, 0.717) is 6.42 Å². The smallest absolute Gasteiger partial charge is 0.320 e. The normalized spacial score (nSPS) is 12.4. The molecule has 0 amide bonds. The van der Waals surface area contributed by atoms with E-state index in [1.807, 2.05) is 66.7 Å². The van der Waals surface area contributed by atoms with E-state index >= 15 is 0 Å². The summed E-state index contributed by atoms with van der Waals surface area (Å²) >= 11 is 0. The first-order valence-electron chi connectivity index (χ1n) is 6.45. The van der Waals surface area contributed by atoms with Crippen LogP contribution in [-0.2, 0) is 11.2 Å². The van der Waals surface area contributed by atoms with Crippen molar-refractivity contribution in [2.24, 2.45) is 5.73 Å². The fraction of sp³-hybridized carbons (Fsp3) is 0.118. The van der Waals surface area contributed by atoms with Crippen LogP contribution in [0.25, 0.3) is 12.2 Å². The van der Waals surface area contributed by atoms with Crippen molar-refractivity contribution >= 4 is 18.1 Å². The first-order valence-corrected chi connectivity index (χ1v) is 6.45. The van der Waals surface area contributed by atoms with E-state index in [0.717, 1.165) is 16.7 Å². The molecule has 0 aromatic heterocycles. The number of nitrogens with two attached hydrogens (primary N) is 1. The third-order valence-corrected chi connectivity index (χ3v) is 3.02. The van der Waals surface area contributed by atoms with Gasteiger partial charge in [-0.25, -0.2) is 0 Å². The molecule has 20 heavy (non-hydrogen) atoms. The zero-order chi connectivity index (χ0) is 14.4. The Kier molecular flexibility index (Phi) is 4.69. The molecule has 3 N–H and O–H groups in total. The average Bonchev–Trinajstić information content (AvgIpc) is 2.47. The van der Waals surface area contributed by atoms with E-state index in [4.69, 9.17) is 10.8 Å². The van der Waals surface area contributed by atoms with Crippen LogP contribution in [0.3, 0.4) is 0 Å². The highest BCUT2D eigenvalue weighted by molar-refractivity contribution is 5.73. The number of carbonyl (C=O) groups is 1. The molecule has 0 aliphatic carbocycles. The van der Waals surface area contributed by atoms with Gasteiger partial charge in [-0.2, -0.15) is 0 Å². The summed E-state index contributed by atoms with van der Waals surface area (Å²) in [5.74, 6) is -0.974. The molecule has 2 aromatic carbocycles. The molecule has 3 nitrogen and oxygen atoms in total. The predicted octanol–water partition coefficient (Wildman–Crippen LogP) is 2.81. The minimum atomic E-state index is -0.974. The van der Waals surface area contributed by atoms with Crippen LogP contribution in [0.15, 0.2) is 54.6 Å². The largest absolute Gasteiger partial charge is 0.480 e. The Morgan fingerprint density at radius 3 is 2.10 bits per heavy atom. The van der Waals surface area contributed by atoms with Gasteiger partial charge < -0.3 is 10.8 Å². The van der Waals surface area contributed by atoms with Crippen molar-refractivity contribution in [3.63, 3.8) is 0 Å². The summed E-state index contributed by atoms with van der Waals surface area (Å²) in [5, 5.41) is 8.77. The molecular formula is C17H17NO2. The molecule has 0 aliphatic rings. The van der Waals surface area contributed by atoms with Gasteiger partial charge in [0.25, 0.3) is 0 Å². The van der Waals surface area contributed by atoms with Crippen molar-refractivity contribution in [3.05, 3.63) is 71.3 Å². The predicted molar refractivity (Wildman–Crippen MR) is 81.1 cm³/mol. The van der Waals surface area contributed by atoms with Crippen LogP contribution in [-0.4, -0.2) is 17.1 Å². The van der Waals surface area contributed by atoms with Crippen LogP contribution in [0.5, 0.6) is 0 Å². The quantitative estimate of drug-likeness (QED) is 0.819. The molecule has 0 saturated carbocycles. The van der Waals surface area contributed by atoms with E-state index in [-0.39, 0.29) is 0 Å². The second-order valence-corrected chi connectivity index (χ2v) is 4.63. The SMILES string of the molecule is N[C@@H](Cc1ccc(/C=C/c2ccccc2)cc1)C(=O)O. The van der Waals surface area contributed by atoms with Crippen molar-refractivity contribution in [1.82, 2.24) is 0 Å². The number of aliphatic carboxylic acids is 1. The van der Waals surface area contributed by atoms with Gasteiger partial charge in [-0.3, -0.25) is 4.79 Å². The number of carboxylic acids is 1. The third-order valence-electron chi connectivity index (χ3n) is 3.02. The van der Waals surface area contributed by atoms with E-state index in [2.05, 4.69) is 0 Å². The number of rotatable bonds is 5. The standard InChI is InChI=1S/C17H17NO2/c18-16(17(19)20)12-15-10-8-14(9-11-15)7-6-13-4-2-1-3-5-13/h1-11,16H,12,18H2,(H,19,20)/b7-6+/t16-/m0/s1. The molecular weight excluding hydrogens is 250 g/mol. The van der Waals surface area contributed by atoms with E-state index in [9.17, 15) is 4.79 Å². The molecule has 0 spiro atoms. The van der Waals surface area contributed by atoms with Crippen LogP contribution < -0.4 is 5.73 Å². The Morgan fingerprint density at radius 2 is 1.55 bits per heavy atom. The number of hydrogen-bond acceptors (Lipinski definition) is 2. The summed E-state index contributed by atoms with van der Waals surface area (Å²) in [5.41, 5.74) is 8.65. The summed E-state index contributed by atoms with van der Waals surface area (Å²) in [7, 11) is 0. The number of carboxylic acid groups (broad SMARTS) is 1. The molecule has 0 bridgehead atoms. The van der Waals surface area contributed by atoms with Crippen molar-refractivity contribution in [2.45, 2.75) is 12.5 Å². The lowest BCUT2D eigenvalue weighted by Crippen LogP contribution is -2.32. The van der Waals surface area contributed by atoms with Gasteiger partial charge in [0.2, 0.25) is 0 Å². The first-order chi connectivity index (χ1) is 9.65. The van der Waals surface area contributed by atoms with Gasteiger partial charge in [-0.05, 0) is 23.1 Å². The molecule has 0 radical (unpaired) electrons. The molecule has 0 fully saturated rings. The highest BCUT2D eigenvalue weighted by Gasteiger charge is 2.11. The first kappa shape index (κ1) is 14.0. The van der Waals surface area contributed by atoms with Gasteiger partial charge in [-0.1, -0.05) is 66.7 Å². The lowest BCUT2D eigenvalue weighted by atomic mass is 10.0. The summed E-state index contributed by atoms with van der Waals surface area (Å²) in [4.78, 5) is 10.7. The zero-order valence-electron chi connectivity index (χ0n) is 11.1. The topological polar surface area (TPSA) is 63.3 Å². The molecule has 0 saturated heterocycles. The minimum absolute atomic E-state index is 0.345. The molecule has 1 atom stereocenters. The van der Waals surface area contributed by atoms with E-state index in [1.165, 1.54) is 0 Å². The van der Waals surface area contributed by atoms with E-state index in [1.54, 1.807) is 0 Å². The Hall–Kier alpha value is -2.39. The van der Waals surface area contributed by atoms with Crippen LogP contribution in [0.2, 0.25) is 0 Å².